The molecule has 0 aromatic heterocycles. The molecule has 0 N–H and O–H groups in total. The Morgan fingerprint density at radius 3 is 2.22 bits per heavy atom. The zero-order valence-corrected chi connectivity index (χ0v) is 19.9. The summed E-state index contributed by atoms with van der Waals surface area (Å²) in [7, 11) is 5.69. The van der Waals surface area contributed by atoms with Crippen molar-refractivity contribution < 1.29 is 9.59 Å². The number of likely N-dealkylation sites (N-methyl/N-ethyl adjacent to an activating group) is 1. The van der Waals surface area contributed by atoms with Crippen molar-refractivity contribution in [2.75, 3.05) is 40.8 Å². The number of benzene rings is 2. The highest BCUT2D eigenvalue weighted by atomic mass is 16.2. The molecule has 2 amide bonds. The summed E-state index contributed by atoms with van der Waals surface area (Å²) in [4.78, 5) is 30.4. The Bertz CT molecular complexity index is 951. The van der Waals surface area contributed by atoms with Crippen molar-refractivity contribution in [1.29, 1.82) is 0 Å². The van der Waals surface area contributed by atoms with Crippen LogP contribution in [-0.2, 0) is 16.1 Å². The van der Waals surface area contributed by atoms with Crippen LogP contribution in [0.3, 0.4) is 0 Å². The first kappa shape index (κ1) is 23.7. The average Bonchev–Trinajstić information content (AvgIpc) is 3.20. The fourth-order valence-corrected chi connectivity index (χ4v) is 4.52. The number of hydrogen-bond acceptors (Lipinski definition) is 3. The Morgan fingerprint density at radius 1 is 0.969 bits per heavy atom. The van der Waals surface area contributed by atoms with E-state index >= 15 is 0 Å². The van der Waals surface area contributed by atoms with Gasteiger partial charge in [0.25, 0.3) is 0 Å². The van der Waals surface area contributed by atoms with Crippen LogP contribution < -0.4 is 0 Å². The zero-order valence-electron chi connectivity index (χ0n) is 19.9. The minimum Gasteiger partial charge on any atom is -0.349 e. The highest BCUT2D eigenvalue weighted by Crippen LogP contribution is 2.34. The lowest BCUT2D eigenvalue weighted by atomic mass is 9.87. The first-order chi connectivity index (χ1) is 15.2. The molecule has 0 unspecified atom stereocenters. The topological polar surface area (TPSA) is 43.9 Å². The molecule has 2 atom stereocenters. The van der Waals surface area contributed by atoms with Crippen molar-refractivity contribution in [3.8, 4) is 0 Å². The monoisotopic (exact) mass is 433 g/mol. The number of likely N-dealkylation sites (tertiary alicyclic amines) is 1. The minimum absolute atomic E-state index is 0.0289. The molecule has 1 aliphatic heterocycles. The van der Waals surface area contributed by atoms with Crippen molar-refractivity contribution in [2.45, 2.75) is 26.3 Å². The molecule has 2 aromatic rings. The number of rotatable bonds is 7. The molecule has 1 fully saturated rings. The summed E-state index contributed by atoms with van der Waals surface area (Å²) >= 11 is 0. The second kappa shape index (κ2) is 10.6. The lowest BCUT2D eigenvalue weighted by molar-refractivity contribution is -0.133. The average molecular weight is 434 g/mol. The quantitative estimate of drug-likeness (QED) is 0.666. The van der Waals surface area contributed by atoms with Gasteiger partial charge in [-0.15, -0.1) is 0 Å². The van der Waals surface area contributed by atoms with E-state index in [1.165, 1.54) is 16.7 Å². The summed E-state index contributed by atoms with van der Waals surface area (Å²) in [5.41, 5.74) is 4.90. The molecule has 1 heterocycles. The smallest absolute Gasteiger partial charge is 0.227 e. The third-order valence-electron chi connectivity index (χ3n) is 6.12. The molecular weight excluding hydrogens is 398 g/mol. The molecular formula is C27H35N3O2. The third kappa shape index (κ3) is 6.07. The molecule has 1 saturated heterocycles. The van der Waals surface area contributed by atoms with Crippen LogP contribution in [0.4, 0.5) is 0 Å². The molecule has 5 nitrogen and oxygen atoms in total. The predicted octanol–water partition coefficient (Wildman–Crippen LogP) is 3.87. The van der Waals surface area contributed by atoms with Crippen LogP contribution >= 0.6 is 0 Å². The normalized spacial score (nSPS) is 18.8. The first-order valence-electron chi connectivity index (χ1n) is 11.2. The van der Waals surface area contributed by atoms with Gasteiger partial charge in [0.2, 0.25) is 11.8 Å². The maximum atomic E-state index is 12.7. The second-order valence-electron chi connectivity index (χ2n) is 9.18. The van der Waals surface area contributed by atoms with Crippen LogP contribution in [0.5, 0.6) is 0 Å². The van der Waals surface area contributed by atoms with Gasteiger partial charge >= 0.3 is 0 Å². The van der Waals surface area contributed by atoms with Crippen molar-refractivity contribution in [2.24, 2.45) is 5.92 Å². The summed E-state index contributed by atoms with van der Waals surface area (Å²) in [6, 6.07) is 18.9. The Hall–Kier alpha value is -2.92. The minimum atomic E-state index is -0.187. The van der Waals surface area contributed by atoms with Gasteiger partial charge in [-0.25, -0.2) is 0 Å². The molecule has 0 radical (unpaired) electrons. The lowest BCUT2D eigenvalue weighted by Gasteiger charge is -2.22. The molecule has 0 aliphatic carbocycles. The van der Waals surface area contributed by atoms with Crippen LogP contribution in [0.2, 0.25) is 0 Å². The Kier molecular flexibility index (Phi) is 7.86. The largest absolute Gasteiger partial charge is 0.349 e. The summed E-state index contributed by atoms with van der Waals surface area (Å²) in [5.74, 6) is -0.0331. The van der Waals surface area contributed by atoms with Crippen LogP contribution in [0, 0.1) is 5.92 Å². The van der Waals surface area contributed by atoms with E-state index in [2.05, 4.69) is 73.5 Å². The Morgan fingerprint density at radius 2 is 1.62 bits per heavy atom. The van der Waals surface area contributed by atoms with Crippen LogP contribution in [0.1, 0.15) is 36.5 Å². The van der Waals surface area contributed by atoms with E-state index in [4.69, 9.17) is 0 Å². The number of hydrogen-bond donors (Lipinski definition) is 0. The van der Waals surface area contributed by atoms with Crippen molar-refractivity contribution in [3.05, 3.63) is 76.9 Å². The molecule has 3 rings (SSSR count). The summed E-state index contributed by atoms with van der Waals surface area (Å²) < 4.78 is 0. The molecule has 0 spiro atoms. The molecule has 0 saturated carbocycles. The fraction of sp³-hybridized carbons (Fsp3) is 0.407. The van der Waals surface area contributed by atoms with Crippen molar-refractivity contribution in [1.82, 2.24) is 14.7 Å². The summed E-state index contributed by atoms with van der Waals surface area (Å²) in [6.07, 6.45) is 2.22. The van der Waals surface area contributed by atoms with Crippen molar-refractivity contribution >= 4 is 17.9 Å². The van der Waals surface area contributed by atoms with Crippen LogP contribution in [0.15, 0.2) is 60.2 Å². The van der Waals surface area contributed by atoms with Crippen LogP contribution in [-0.4, -0.2) is 67.3 Å². The van der Waals surface area contributed by atoms with Gasteiger partial charge in [0.15, 0.2) is 0 Å². The second-order valence-corrected chi connectivity index (χ2v) is 9.18. The third-order valence-corrected chi connectivity index (χ3v) is 6.12. The van der Waals surface area contributed by atoms with E-state index in [1.807, 2.05) is 6.07 Å². The molecule has 0 bridgehead atoms. The molecule has 2 aromatic carbocycles. The summed E-state index contributed by atoms with van der Waals surface area (Å²) in [5, 5.41) is 0. The van der Waals surface area contributed by atoms with E-state index < -0.39 is 0 Å². The molecule has 5 heteroatoms. The van der Waals surface area contributed by atoms with E-state index in [9.17, 15) is 9.59 Å². The number of carbonyl (C=O) groups excluding carboxylic acids is 2. The SMILES string of the molecule is CC(=O)N1C[C@H](C(=O)N(C)C)[C@@H](c2ccc(CN(C)CC(C)=Cc3ccccc3)cc2)C1. The number of nitrogens with zero attached hydrogens (tertiary/aromatic N) is 3. The van der Waals surface area contributed by atoms with Gasteiger partial charge in [-0.2, -0.15) is 0 Å². The molecule has 1 aliphatic rings. The number of carbonyl (C=O) groups is 2. The highest BCUT2D eigenvalue weighted by molar-refractivity contribution is 5.82. The van der Waals surface area contributed by atoms with Gasteiger partial charge in [-0.1, -0.05) is 66.2 Å². The van der Waals surface area contributed by atoms with Gasteiger partial charge in [0.1, 0.15) is 0 Å². The predicted molar refractivity (Wildman–Crippen MR) is 130 cm³/mol. The van der Waals surface area contributed by atoms with E-state index in [0.29, 0.717) is 13.1 Å². The van der Waals surface area contributed by atoms with Crippen LogP contribution in [0.25, 0.3) is 6.08 Å². The van der Waals surface area contributed by atoms with Gasteiger partial charge in [-0.05, 0) is 30.7 Å². The fourth-order valence-electron chi connectivity index (χ4n) is 4.52. The maximum Gasteiger partial charge on any atom is 0.227 e. The van der Waals surface area contributed by atoms with Gasteiger partial charge in [0.05, 0.1) is 5.92 Å². The molecule has 170 valence electrons. The standard InChI is InChI=1S/C27H35N3O2/c1-20(15-22-9-7-6-8-10-22)16-29(5)17-23-11-13-24(14-12-23)25-18-30(21(2)31)19-26(25)27(32)28(3)4/h6-15,25-26H,16-19H2,1-5H3/t25-,26+/m1/s1. The maximum absolute atomic E-state index is 12.7. The van der Waals surface area contributed by atoms with E-state index in [1.54, 1.807) is 30.8 Å². The van der Waals surface area contributed by atoms with Crippen molar-refractivity contribution in [3.63, 3.8) is 0 Å². The van der Waals surface area contributed by atoms with Gasteiger partial charge < -0.3 is 9.80 Å². The van der Waals surface area contributed by atoms with E-state index in [-0.39, 0.29) is 23.7 Å². The Balaban J connectivity index is 1.65. The lowest BCUT2D eigenvalue weighted by Crippen LogP contribution is -2.34. The highest BCUT2D eigenvalue weighted by Gasteiger charge is 2.40. The Labute approximate surface area is 192 Å². The first-order valence-corrected chi connectivity index (χ1v) is 11.2. The van der Waals surface area contributed by atoms with Gasteiger partial charge in [0, 0.05) is 53.1 Å². The van der Waals surface area contributed by atoms with E-state index in [0.717, 1.165) is 18.7 Å². The van der Waals surface area contributed by atoms with Gasteiger partial charge in [-0.3, -0.25) is 14.5 Å². The summed E-state index contributed by atoms with van der Waals surface area (Å²) in [6.45, 7) is 6.58. The zero-order chi connectivity index (χ0) is 23.3. The number of amides is 2. The molecule has 32 heavy (non-hydrogen) atoms.